The Morgan fingerprint density at radius 1 is 1.09 bits per heavy atom. The van der Waals surface area contributed by atoms with E-state index in [0.29, 0.717) is 24.6 Å². The minimum absolute atomic E-state index is 0.184. The van der Waals surface area contributed by atoms with E-state index >= 15 is 0 Å². The Morgan fingerprint density at radius 3 is 2.45 bits per heavy atom. The molecule has 0 radical (unpaired) electrons. The first kappa shape index (κ1) is 14.6. The lowest BCUT2D eigenvalue weighted by atomic mass is 10.1. The van der Waals surface area contributed by atoms with Gasteiger partial charge < -0.3 is 5.32 Å². The fourth-order valence-corrected chi connectivity index (χ4v) is 2.93. The van der Waals surface area contributed by atoms with Crippen LogP contribution in [0.2, 0.25) is 0 Å². The molecular weight excluding hydrogens is 280 g/mol. The Bertz CT molecular complexity index is 807. The maximum absolute atomic E-state index is 12.4. The van der Waals surface area contributed by atoms with E-state index in [4.69, 9.17) is 0 Å². The third-order valence-electron chi connectivity index (χ3n) is 4.40. The average Bonchev–Trinajstić information content (AvgIpc) is 2.57. The first-order valence-electron chi connectivity index (χ1n) is 7.32. The third kappa shape index (κ3) is 2.25. The van der Waals surface area contributed by atoms with Gasteiger partial charge >= 0.3 is 5.69 Å². The molecule has 2 aromatic rings. The maximum Gasteiger partial charge on any atom is 0.332 e. The Labute approximate surface area is 128 Å². The summed E-state index contributed by atoms with van der Waals surface area (Å²) in [6.45, 7) is 3.25. The number of benzene rings is 1. The van der Waals surface area contributed by atoms with E-state index in [2.05, 4.69) is 29.3 Å². The Kier molecular flexibility index (Phi) is 3.62. The number of anilines is 1. The van der Waals surface area contributed by atoms with Gasteiger partial charge in [0.15, 0.2) is 0 Å². The van der Waals surface area contributed by atoms with E-state index in [1.54, 1.807) is 7.05 Å². The molecule has 0 fully saturated rings. The van der Waals surface area contributed by atoms with E-state index in [1.807, 2.05) is 18.2 Å². The summed E-state index contributed by atoms with van der Waals surface area (Å²) in [7, 11) is 3.20. The van der Waals surface area contributed by atoms with Gasteiger partial charge in [-0.25, -0.2) is 4.79 Å². The van der Waals surface area contributed by atoms with Crippen LogP contribution >= 0.6 is 0 Å². The minimum atomic E-state index is -0.305. The highest BCUT2D eigenvalue weighted by Crippen LogP contribution is 2.26. The molecule has 1 aliphatic heterocycles. The molecule has 3 rings (SSSR count). The van der Waals surface area contributed by atoms with Crippen molar-refractivity contribution >= 4 is 5.82 Å². The molecule has 1 atom stereocenters. The number of hydrogen-bond donors (Lipinski definition) is 1. The molecule has 1 aromatic carbocycles. The third-order valence-corrected chi connectivity index (χ3v) is 4.40. The molecule has 2 heterocycles. The van der Waals surface area contributed by atoms with Gasteiger partial charge in [0.25, 0.3) is 5.56 Å². The standard InChI is InChI=1S/C16H20N4O2/c1-11(12-7-5-4-6-8-12)20-9-13-14(17-10-20)18(2)16(22)19(3)15(13)21/h4-8,11,17H,9-10H2,1-3H3/t11-/m0/s1. The number of nitrogens with one attached hydrogen (secondary N) is 1. The summed E-state index contributed by atoms with van der Waals surface area (Å²) >= 11 is 0. The summed E-state index contributed by atoms with van der Waals surface area (Å²) in [4.78, 5) is 26.5. The van der Waals surface area contributed by atoms with Gasteiger partial charge in [0.2, 0.25) is 0 Å². The van der Waals surface area contributed by atoms with E-state index < -0.39 is 0 Å². The maximum atomic E-state index is 12.4. The Balaban J connectivity index is 1.98. The fourth-order valence-electron chi connectivity index (χ4n) is 2.93. The first-order valence-corrected chi connectivity index (χ1v) is 7.32. The lowest BCUT2D eigenvalue weighted by Crippen LogP contribution is -2.46. The van der Waals surface area contributed by atoms with Crippen LogP contribution in [-0.4, -0.2) is 20.7 Å². The van der Waals surface area contributed by atoms with Crippen LogP contribution in [0.5, 0.6) is 0 Å². The molecule has 6 heteroatoms. The smallest absolute Gasteiger partial charge is 0.332 e. The quantitative estimate of drug-likeness (QED) is 0.900. The second-order valence-electron chi connectivity index (χ2n) is 5.70. The summed E-state index contributed by atoms with van der Waals surface area (Å²) < 4.78 is 2.67. The van der Waals surface area contributed by atoms with Crippen molar-refractivity contribution in [2.45, 2.75) is 19.5 Å². The molecular formula is C16H20N4O2. The minimum Gasteiger partial charge on any atom is -0.358 e. The van der Waals surface area contributed by atoms with Gasteiger partial charge in [0.05, 0.1) is 12.2 Å². The Hall–Kier alpha value is -2.34. The van der Waals surface area contributed by atoms with Crippen molar-refractivity contribution in [2.24, 2.45) is 14.1 Å². The molecule has 0 aliphatic carbocycles. The van der Waals surface area contributed by atoms with Gasteiger partial charge in [-0.2, -0.15) is 0 Å². The van der Waals surface area contributed by atoms with Gasteiger partial charge in [-0.3, -0.25) is 18.8 Å². The van der Waals surface area contributed by atoms with E-state index in [1.165, 1.54) is 17.2 Å². The highest BCUT2D eigenvalue weighted by Gasteiger charge is 2.26. The highest BCUT2D eigenvalue weighted by atomic mass is 16.2. The van der Waals surface area contributed by atoms with Gasteiger partial charge in [0, 0.05) is 26.7 Å². The van der Waals surface area contributed by atoms with E-state index in [-0.39, 0.29) is 17.3 Å². The lowest BCUT2D eigenvalue weighted by molar-refractivity contribution is 0.206. The van der Waals surface area contributed by atoms with E-state index in [0.717, 1.165) is 4.57 Å². The van der Waals surface area contributed by atoms with Crippen molar-refractivity contribution in [2.75, 3.05) is 12.0 Å². The molecule has 0 bridgehead atoms. The molecule has 1 aliphatic rings. The van der Waals surface area contributed by atoms with Crippen LogP contribution in [0.15, 0.2) is 39.9 Å². The summed E-state index contributed by atoms with van der Waals surface area (Å²) in [6.07, 6.45) is 0. The SMILES string of the molecule is C[C@@H](c1ccccc1)N1CNc2c(c(=O)n(C)c(=O)n2C)C1. The lowest BCUT2D eigenvalue weighted by Gasteiger charge is -2.35. The molecule has 1 aromatic heterocycles. The molecule has 1 N–H and O–H groups in total. The van der Waals surface area contributed by atoms with Crippen LogP contribution in [0.1, 0.15) is 24.1 Å². The second kappa shape index (κ2) is 5.46. The zero-order chi connectivity index (χ0) is 15.9. The molecule has 0 saturated carbocycles. The Morgan fingerprint density at radius 2 is 1.77 bits per heavy atom. The predicted octanol–water partition coefficient (Wildman–Crippen LogP) is 1.03. The highest BCUT2D eigenvalue weighted by molar-refractivity contribution is 5.45. The van der Waals surface area contributed by atoms with Gasteiger partial charge in [-0.05, 0) is 12.5 Å². The largest absolute Gasteiger partial charge is 0.358 e. The topological polar surface area (TPSA) is 59.3 Å². The zero-order valence-corrected chi connectivity index (χ0v) is 13.0. The van der Waals surface area contributed by atoms with Crippen molar-refractivity contribution in [1.82, 2.24) is 14.0 Å². The van der Waals surface area contributed by atoms with Crippen LogP contribution in [0.3, 0.4) is 0 Å². The van der Waals surface area contributed by atoms with Gasteiger partial charge in [-0.1, -0.05) is 30.3 Å². The fraction of sp³-hybridized carbons (Fsp3) is 0.375. The van der Waals surface area contributed by atoms with Crippen molar-refractivity contribution in [3.8, 4) is 0 Å². The summed E-state index contributed by atoms with van der Waals surface area (Å²) in [5.41, 5.74) is 1.31. The summed E-state index contributed by atoms with van der Waals surface area (Å²) in [5.74, 6) is 0.629. The van der Waals surface area contributed by atoms with Crippen LogP contribution in [0.25, 0.3) is 0 Å². The van der Waals surface area contributed by atoms with Crippen molar-refractivity contribution in [3.05, 3.63) is 62.3 Å². The van der Waals surface area contributed by atoms with Crippen LogP contribution in [0, 0.1) is 0 Å². The normalized spacial score (nSPS) is 16.0. The predicted molar refractivity (Wildman–Crippen MR) is 85.8 cm³/mol. The number of nitrogens with zero attached hydrogens (tertiary/aromatic N) is 3. The summed E-state index contributed by atoms with van der Waals surface area (Å²) in [6, 6.07) is 10.4. The number of hydrogen-bond acceptors (Lipinski definition) is 4. The summed E-state index contributed by atoms with van der Waals surface area (Å²) in [5, 5.41) is 3.22. The molecule has 0 unspecified atom stereocenters. The van der Waals surface area contributed by atoms with E-state index in [9.17, 15) is 9.59 Å². The van der Waals surface area contributed by atoms with Crippen molar-refractivity contribution < 1.29 is 0 Å². The van der Waals surface area contributed by atoms with Crippen LogP contribution in [-0.2, 0) is 20.6 Å². The molecule has 0 spiro atoms. The monoisotopic (exact) mass is 300 g/mol. The number of fused-ring (bicyclic) bond motifs is 1. The molecule has 22 heavy (non-hydrogen) atoms. The van der Waals surface area contributed by atoms with Crippen molar-refractivity contribution in [3.63, 3.8) is 0 Å². The molecule has 6 nitrogen and oxygen atoms in total. The number of rotatable bonds is 2. The van der Waals surface area contributed by atoms with Gasteiger partial charge in [-0.15, -0.1) is 0 Å². The van der Waals surface area contributed by atoms with Gasteiger partial charge in [0.1, 0.15) is 5.82 Å². The molecule has 0 saturated heterocycles. The zero-order valence-electron chi connectivity index (χ0n) is 13.0. The molecule has 116 valence electrons. The first-order chi connectivity index (χ1) is 10.5. The van der Waals surface area contributed by atoms with Crippen LogP contribution in [0.4, 0.5) is 5.82 Å². The van der Waals surface area contributed by atoms with Crippen molar-refractivity contribution in [1.29, 1.82) is 0 Å². The number of aromatic nitrogens is 2. The molecule has 0 amide bonds. The average molecular weight is 300 g/mol. The second-order valence-corrected chi connectivity index (χ2v) is 5.70. The van der Waals surface area contributed by atoms with Crippen LogP contribution < -0.4 is 16.6 Å².